The third-order valence-electron chi connectivity index (χ3n) is 3.49. The quantitative estimate of drug-likeness (QED) is 0.620. The number of carbonyl (C=O) groups excluding carboxylic acids is 1. The highest BCUT2D eigenvalue weighted by atomic mass is 28.4. The van der Waals surface area contributed by atoms with Crippen molar-refractivity contribution in [3.05, 3.63) is 12.2 Å². The minimum absolute atomic E-state index is 0.104. The molecule has 1 aliphatic heterocycles. The summed E-state index contributed by atoms with van der Waals surface area (Å²) in [5.41, 5.74) is 0. The van der Waals surface area contributed by atoms with E-state index in [1.807, 2.05) is 0 Å². The van der Waals surface area contributed by atoms with Crippen LogP contribution in [0.25, 0.3) is 0 Å². The second-order valence-corrected chi connectivity index (χ2v) is 10.7. The van der Waals surface area contributed by atoms with Gasteiger partial charge in [-0.1, -0.05) is 20.8 Å². The Labute approximate surface area is 104 Å². The standard InChI is InChI=1S/C12H22O4Si/c1-12(2,3)17(4,5)15-8-10-9(13)6-7-11(14)16-10/h6-7,9-10,13H,8H2,1-5H3/t9-,10+/m0/s1. The van der Waals surface area contributed by atoms with Crippen LogP contribution in [0.4, 0.5) is 0 Å². The first-order chi connectivity index (χ1) is 7.63. The van der Waals surface area contributed by atoms with E-state index in [1.54, 1.807) is 0 Å². The number of hydrogen-bond donors (Lipinski definition) is 1. The summed E-state index contributed by atoms with van der Waals surface area (Å²) in [5.74, 6) is -0.417. The molecule has 0 saturated carbocycles. The molecule has 4 nitrogen and oxygen atoms in total. The van der Waals surface area contributed by atoms with Gasteiger partial charge in [0.2, 0.25) is 0 Å². The van der Waals surface area contributed by atoms with Gasteiger partial charge in [0, 0.05) is 6.08 Å². The topological polar surface area (TPSA) is 55.8 Å². The Morgan fingerprint density at radius 2 is 2.06 bits per heavy atom. The van der Waals surface area contributed by atoms with E-state index in [1.165, 1.54) is 12.2 Å². The largest absolute Gasteiger partial charge is 0.454 e. The number of aliphatic hydroxyl groups excluding tert-OH is 1. The molecule has 1 heterocycles. The molecule has 17 heavy (non-hydrogen) atoms. The van der Waals surface area contributed by atoms with Crippen molar-refractivity contribution in [2.24, 2.45) is 0 Å². The predicted octanol–water partition coefficient (Wildman–Crippen LogP) is 1.85. The first-order valence-electron chi connectivity index (χ1n) is 5.84. The molecule has 0 aromatic carbocycles. The van der Waals surface area contributed by atoms with Gasteiger partial charge in [-0.2, -0.15) is 0 Å². The molecular weight excluding hydrogens is 236 g/mol. The number of ether oxygens (including phenoxy) is 1. The highest BCUT2D eigenvalue weighted by Crippen LogP contribution is 2.36. The molecule has 1 rings (SSSR count). The molecule has 0 aromatic rings. The molecule has 0 fully saturated rings. The van der Waals surface area contributed by atoms with Gasteiger partial charge in [0.05, 0.1) is 6.61 Å². The summed E-state index contributed by atoms with van der Waals surface area (Å²) in [6, 6.07) is 0. The molecule has 1 aliphatic rings. The van der Waals surface area contributed by atoms with Gasteiger partial charge < -0.3 is 14.3 Å². The Kier molecular flexibility index (Phi) is 4.17. The summed E-state index contributed by atoms with van der Waals surface area (Å²) in [7, 11) is -1.87. The summed E-state index contributed by atoms with van der Waals surface area (Å²) in [6.07, 6.45) is 1.35. The molecule has 98 valence electrons. The molecule has 0 bridgehead atoms. The van der Waals surface area contributed by atoms with Gasteiger partial charge in [-0.3, -0.25) is 0 Å². The Balaban J connectivity index is 2.57. The van der Waals surface area contributed by atoms with E-state index >= 15 is 0 Å². The van der Waals surface area contributed by atoms with Crippen molar-refractivity contribution in [1.82, 2.24) is 0 Å². The lowest BCUT2D eigenvalue weighted by molar-refractivity contribution is -0.151. The summed E-state index contributed by atoms with van der Waals surface area (Å²) in [5, 5.41) is 9.76. The number of cyclic esters (lactones) is 1. The third-order valence-corrected chi connectivity index (χ3v) is 7.99. The zero-order valence-corrected chi connectivity index (χ0v) is 12.2. The first kappa shape index (κ1) is 14.4. The van der Waals surface area contributed by atoms with Crippen LogP contribution >= 0.6 is 0 Å². The summed E-state index contributed by atoms with van der Waals surface area (Å²) >= 11 is 0. The lowest BCUT2D eigenvalue weighted by atomic mass is 10.1. The van der Waals surface area contributed by atoms with Crippen molar-refractivity contribution in [2.45, 2.75) is 51.1 Å². The zero-order valence-electron chi connectivity index (χ0n) is 11.2. The molecule has 5 heteroatoms. The van der Waals surface area contributed by atoms with Crippen molar-refractivity contribution in [3.63, 3.8) is 0 Å². The van der Waals surface area contributed by atoms with Crippen molar-refractivity contribution < 1.29 is 19.1 Å². The Morgan fingerprint density at radius 1 is 1.47 bits per heavy atom. The van der Waals surface area contributed by atoms with Crippen LogP contribution in [0.1, 0.15) is 20.8 Å². The monoisotopic (exact) mass is 258 g/mol. The summed E-state index contributed by atoms with van der Waals surface area (Å²) in [4.78, 5) is 11.1. The maximum absolute atomic E-state index is 11.1. The predicted molar refractivity (Wildman–Crippen MR) is 68.2 cm³/mol. The van der Waals surface area contributed by atoms with Gasteiger partial charge in [0.15, 0.2) is 14.4 Å². The van der Waals surface area contributed by atoms with Crippen LogP contribution in [0, 0.1) is 0 Å². The maximum Gasteiger partial charge on any atom is 0.330 e. The number of aliphatic hydroxyl groups is 1. The smallest absolute Gasteiger partial charge is 0.330 e. The number of carbonyl (C=O) groups is 1. The van der Waals surface area contributed by atoms with E-state index in [0.29, 0.717) is 0 Å². The molecule has 0 aromatic heterocycles. The first-order valence-corrected chi connectivity index (χ1v) is 8.75. The molecular formula is C12H22O4Si. The van der Waals surface area contributed by atoms with Crippen LogP contribution in [0.2, 0.25) is 18.1 Å². The van der Waals surface area contributed by atoms with E-state index in [4.69, 9.17) is 9.16 Å². The van der Waals surface area contributed by atoms with E-state index in [0.717, 1.165) is 0 Å². The average molecular weight is 258 g/mol. The molecule has 0 radical (unpaired) electrons. The fourth-order valence-electron chi connectivity index (χ4n) is 1.20. The van der Waals surface area contributed by atoms with Gasteiger partial charge in [-0.15, -0.1) is 0 Å². The van der Waals surface area contributed by atoms with Crippen molar-refractivity contribution >= 4 is 14.3 Å². The van der Waals surface area contributed by atoms with E-state index < -0.39 is 26.5 Å². The van der Waals surface area contributed by atoms with E-state index in [9.17, 15) is 9.90 Å². The summed E-state index contributed by atoms with van der Waals surface area (Å²) in [6.45, 7) is 10.9. The molecule has 0 aliphatic carbocycles. The summed E-state index contributed by atoms with van der Waals surface area (Å²) < 4.78 is 10.9. The molecule has 0 saturated heterocycles. The highest BCUT2D eigenvalue weighted by Gasteiger charge is 2.38. The molecule has 0 amide bonds. The van der Waals surface area contributed by atoms with Crippen LogP contribution in [-0.2, 0) is 14.0 Å². The van der Waals surface area contributed by atoms with Crippen LogP contribution in [0.3, 0.4) is 0 Å². The second-order valence-electron chi connectivity index (χ2n) is 5.90. The van der Waals surface area contributed by atoms with Crippen LogP contribution in [0.5, 0.6) is 0 Å². The normalized spacial score (nSPS) is 25.9. The van der Waals surface area contributed by atoms with Gasteiger partial charge in [0.25, 0.3) is 0 Å². The molecule has 0 spiro atoms. The fraction of sp³-hybridized carbons (Fsp3) is 0.750. The van der Waals surface area contributed by atoms with Gasteiger partial charge in [-0.05, 0) is 24.2 Å². The van der Waals surface area contributed by atoms with E-state index in [-0.39, 0.29) is 11.6 Å². The van der Waals surface area contributed by atoms with Crippen LogP contribution in [-0.4, -0.2) is 38.2 Å². The van der Waals surface area contributed by atoms with Crippen molar-refractivity contribution in [2.75, 3.05) is 6.61 Å². The van der Waals surface area contributed by atoms with Crippen LogP contribution in [0.15, 0.2) is 12.2 Å². The average Bonchev–Trinajstić information content (AvgIpc) is 2.18. The Bertz CT molecular complexity index is 317. The fourth-order valence-corrected chi connectivity index (χ4v) is 2.21. The Morgan fingerprint density at radius 3 is 2.59 bits per heavy atom. The Hall–Kier alpha value is -0.653. The number of rotatable bonds is 3. The second kappa shape index (κ2) is 4.92. The third kappa shape index (κ3) is 3.66. The SMILES string of the molecule is CC(C)(C)[Si](C)(C)OC[C@H]1OC(=O)C=C[C@@H]1O. The zero-order chi connectivity index (χ0) is 13.3. The number of hydrogen-bond acceptors (Lipinski definition) is 4. The van der Waals surface area contributed by atoms with Gasteiger partial charge >= 0.3 is 5.97 Å². The molecule has 2 atom stereocenters. The lowest BCUT2D eigenvalue weighted by Gasteiger charge is -2.37. The minimum Gasteiger partial charge on any atom is -0.454 e. The minimum atomic E-state index is -1.87. The van der Waals surface area contributed by atoms with Crippen molar-refractivity contribution in [3.8, 4) is 0 Å². The maximum atomic E-state index is 11.1. The van der Waals surface area contributed by atoms with Gasteiger partial charge in [-0.25, -0.2) is 4.79 Å². The van der Waals surface area contributed by atoms with Gasteiger partial charge in [0.1, 0.15) is 6.10 Å². The van der Waals surface area contributed by atoms with E-state index in [2.05, 4.69) is 33.9 Å². The molecule has 1 N–H and O–H groups in total. The van der Waals surface area contributed by atoms with Crippen molar-refractivity contribution in [1.29, 1.82) is 0 Å². The highest BCUT2D eigenvalue weighted by molar-refractivity contribution is 6.74. The lowest BCUT2D eigenvalue weighted by Crippen LogP contribution is -2.46. The number of esters is 1. The molecule has 0 unspecified atom stereocenters. The van der Waals surface area contributed by atoms with Crippen LogP contribution < -0.4 is 0 Å².